The maximum absolute atomic E-state index is 12.3. The normalized spacial score (nSPS) is 13.8. The van der Waals surface area contributed by atoms with Crippen LogP contribution in [0.25, 0.3) is 22.3 Å². The Morgan fingerprint density at radius 2 is 1.68 bits per heavy atom. The summed E-state index contributed by atoms with van der Waals surface area (Å²) in [5.74, 6) is -1.56. The minimum Gasteiger partial charge on any atom is -0.504 e. The van der Waals surface area contributed by atoms with Crippen LogP contribution in [0.4, 0.5) is 4.79 Å². The van der Waals surface area contributed by atoms with Crippen LogP contribution in [-0.2, 0) is 0 Å². The van der Waals surface area contributed by atoms with Crippen molar-refractivity contribution in [3.05, 3.63) is 46.6 Å². The number of amides is 1. The Morgan fingerprint density at radius 3 is 2.36 bits per heavy atom. The topological polar surface area (TPSA) is 120 Å². The van der Waals surface area contributed by atoms with E-state index >= 15 is 0 Å². The van der Waals surface area contributed by atoms with E-state index in [9.17, 15) is 24.9 Å². The summed E-state index contributed by atoms with van der Waals surface area (Å²) in [5.41, 5.74) is -0.111. The predicted molar refractivity (Wildman–Crippen MR) is 99.7 cm³/mol. The Bertz CT molecular complexity index is 1110. The lowest BCUT2D eigenvalue weighted by molar-refractivity contribution is 0.163. The quantitative estimate of drug-likeness (QED) is 0.581. The van der Waals surface area contributed by atoms with Crippen molar-refractivity contribution in [2.75, 3.05) is 13.1 Å². The van der Waals surface area contributed by atoms with E-state index in [1.807, 2.05) is 0 Å². The number of likely N-dealkylation sites (tertiary alicyclic amines) is 1. The van der Waals surface area contributed by atoms with Gasteiger partial charge in [-0.3, -0.25) is 4.79 Å². The molecule has 1 fully saturated rings. The first-order valence-corrected chi connectivity index (χ1v) is 8.73. The minimum absolute atomic E-state index is 0.0696. The molecule has 0 unspecified atom stereocenters. The SMILES string of the molecule is O=C(Oc1ccc(-c2cc(=O)c3c(O)c(O)c(O)cc3o2)cc1)N1CCCC1. The number of fused-ring (bicyclic) bond motifs is 1. The van der Waals surface area contributed by atoms with E-state index in [1.165, 1.54) is 6.07 Å². The van der Waals surface area contributed by atoms with Crippen LogP contribution >= 0.6 is 0 Å². The molecule has 28 heavy (non-hydrogen) atoms. The second-order valence-electron chi connectivity index (χ2n) is 6.53. The van der Waals surface area contributed by atoms with Gasteiger partial charge in [0.1, 0.15) is 22.5 Å². The molecule has 1 saturated heterocycles. The summed E-state index contributed by atoms with van der Waals surface area (Å²) in [4.78, 5) is 26.0. The summed E-state index contributed by atoms with van der Waals surface area (Å²) < 4.78 is 10.9. The van der Waals surface area contributed by atoms with Crippen LogP contribution in [-0.4, -0.2) is 39.4 Å². The van der Waals surface area contributed by atoms with Gasteiger partial charge in [0.2, 0.25) is 5.75 Å². The molecule has 3 N–H and O–H groups in total. The fourth-order valence-electron chi connectivity index (χ4n) is 3.17. The summed E-state index contributed by atoms with van der Waals surface area (Å²) in [6, 6.07) is 8.64. The summed E-state index contributed by atoms with van der Waals surface area (Å²) in [6.07, 6.45) is 1.55. The third-order valence-electron chi connectivity index (χ3n) is 4.65. The average molecular weight is 383 g/mol. The standard InChI is InChI=1S/C20H17NO7/c22-13-9-15(28-16-10-14(23)18(24)19(25)17(13)16)11-3-5-12(6-4-11)27-20(26)21-7-1-2-8-21/h3-6,9-10,23-25H,1-2,7-8H2. The van der Waals surface area contributed by atoms with Crippen LogP contribution in [0, 0.1) is 0 Å². The molecule has 0 radical (unpaired) electrons. The van der Waals surface area contributed by atoms with Crippen LogP contribution in [0.5, 0.6) is 23.0 Å². The first kappa shape index (κ1) is 17.7. The van der Waals surface area contributed by atoms with Gasteiger partial charge in [-0.15, -0.1) is 0 Å². The zero-order chi connectivity index (χ0) is 19.8. The van der Waals surface area contributed by atoms with E-state index in [0.717, 1.165) is 18.9 Å². The summed E-state index contributed by atoms with van der Waals surface area (Å²) >= 11 is 0. The van der Waals surface area contributed by atoms with Crippen molar-refractivity contribution in [2.45, 2.75) is 12.8 Å². The molecule has 1 aliphatic heterocycles. The molecule has 0 spiro atoms. The lowest BCUT2D eigenvalue weighted by atomic mass is 10.1. The first-order chi connectivity index (χ1) is 13.4. The second-order valence-corrected chi connectivity index (χ2v) is 6.53. The number of hydrogen-bond acceptors (Lipinski definition) is 7. The molecule has 8 heteroatoms. The van der Waals surface area contributed by atoms with Gasteiger partial charge in [0.05, 0.1) is 0 Å². The molecule has 0 aliphatic carbocycles. The molecule has 4 rings (SSSR count). The number of rotatable bonds is 2. The number of carbonyl (C=O) groups is 1. The Morgan fingerprint density at radius 1 is 1.00 bits per heavy atom. The van der Waals surface area contributed by atoms with Crippen LogP contribution in [0.15, 0.2) is 45.6 Å². The molecule has 2 aromatic carbocycles. The summed E-state index contributed by atoms with van der Waals surface area (Å²) in [5, 5.41) is 28.8. The van der Waals surface area contributed by atoms with Gasteiger partial charge in [0, 0.05) is 30.8 Å². The highest BCUT2D eigenvalue weighted by Gasteiger charge is 2.20. The number of carbonyl (C=O) groups excluding carboxylic acids is 1. The number of aromatic hydroxyl groups is 3. The Balaban J connectivity index is 1.64. The average Bonchev–Trinajstić information content (AvgIpc) is 3.21. The van der Waals surface area contributed by atoms with Crippen LogP contribution < -0.4 is 10.2 Å². The molecule has 1 aliphatic rings. The van der Waals surface area contributed by atoms with Crippen molar-refractivity contribution in [1.82, 2.24) is 4.90 Å². The maximum atomic E-state index is 12.3. The lowest BCUT2D eigenvalue weighted by Gasteiger charge is -2.14. The van der Waals surface area contributed by atoms with Crippen LogP contribution in [0.1, 0.15) is 12.8 Å². The van der Waals surface area contributed by atoms with Crippen molar-refractivity contribution in [1.29, 1.82) is 0 Å². The van der Waals surface area contributed by atoms with E-state index in [2.05, 4.69) is 0 Å². The molecule has 1 amide bonds. The zero-order valence-electron chi connectivity index (χ0n) is 14.7. The van der Waals surface area contributed by atoms with E-state index in [-0.39, 0.29) is 16.7 Å². The van der Waals surface area contributed by atoms with Crippen molar-refractivity contribution in [3.8, 4) is 34.3 Å². The number of phenols is 3. The van der Waals surface area contributed by atoms with Crippen LogP contribution in [0.2, 0.25) is 0 Å². The monoisotopic (exact) mass is 383 g/mol. The lowest BCUT2D eigenvalue weighted by Crippen LogP contribution is -2.30. The fourth-order valence-corrected chi connectivity index (χ4v) is 3.17. The highest BCUT2D eigenvalue weighted by atomic mass is 16.6. The highest BCUT2D eigenvalue weighted by Crippen LogP contribution is 2.40. The molecule has 0 atom stereocenters. The van der Waals surface area contributed by atoms with Gasteiger partial charge in [0.15, 0.2) is 16.9 Å². The Kier molecular flexibility index (Phi) is 4.31. The number of nitrogens with zero attached hydrogens (tertiary/aromatic N) is 1. The largest absolute Gasteiger partial charge is 0.504 e. The molecule has 2 heterocycles. The van der Waals surface area contributed by atoms with Gasteiger partial charge in [-0.1, -0.05) is 0 Å². The molecular formula is C20H17NO7. The highest BCUT2D eigenvalue weighted by molar-refractivity contribution is 5.89. The van der Waals surface area contributed by atoms with Gasteiger partial charge in [-0.25, -0.2) is 4.79 Å². The smallest absolute Gasteiger partial charge is 0.415 e. The number of phenolic OH excluding ortho intramolecular Hbond substituents is 3. The molecule has 0 bridgehead atoms. The third-order valence-corrected chi connectivity index (χ3v) is 4.65. The van der Waals surface area contributed by atoms with E-state index in [4.69, 9.17) is 9.15 Å². The molecule has 144 valence electrons. The first-order valence-electron chi connectivity index (χ1n) is 8.73. The Labute approximate surface area is 158 Å². The Hall–Kier alpha value is -3.68. The molecule has 3 aromatic rings. The molecule has 8 nitrogen and oxygen atoms in total. The van der Waals surface area contributed by atoms with Gasteiger partial charge < -0.3 is 29.4 Å². The second kappa shape index (κ2) is 6.80. The predicted octanol–water partition coefficient (Wildman–Crippen LogP) is 3.17. The molecule has 0 saturated carbocycles. The summed E-state index contributed by atoms with van der Waals surface area (Å²) in [7, 11) is 0. The van der Waals surface area contributed by atoms with Gasteiger partial charge in [0.25, 0.3) is 0 Å². The van der Waals surface area contributed by atoms with Crippen molar-refractivity contribution < 1.29 is 29.3 Å². The van der Waals surface area contributed by atoms with Gasteiger partial charge in [-0.05, 0) is 37.1 Å². The van der Waals surface area contributed by atoms with Gasteiger partial charge >= 0.3 is 6.09 Å². The number of benzene rings is 2. The van der Waals surface area contributed by atoms with Crippen molar-refractivity contribution >= 4 is 17.1 Å². The van der Waals surface area contributed by atoms with Gasteiger partial charge in [-0.2, -0.15) is 0 Å². The summed E-state index contributed by atoms with van der Waals surface area (Å²) in [6.45, 7) is 1.38. The third kappa shape index (κ3) is 3.09. The maximum Gasteiger partial charge on any atom is 0.415 e. The minimum atomic E-state index is -0.781. The fraction of sp³-hybridized carbons (Fsp3) is 0.200. The van der Waals surface area contributed by atoms with Crippen molar-refractivity contribution in [2.24, 2.45) is 0 Å². The van der Waals surface area contributed by atoms with Crippen LogP contribution in [0.3, 0.4) is 0 Å². The van der Waals surface area contributed by atoms with E-state index < -0.39 is 28.8 Å². The number of ether oxygens (including phenoxy) is 1. The van der Waals surface area contributed by atoms with E-state index in [0.29, 0.717) is 24.4 Å². The zero-order valence-corrected chi connectivity index (χ0v) is 14.7. The number of hydrogen-bond donors (Lipinski definition) is 3. The molecule has 1 aromatic heterocycles. The molecular weight excluding hydrogens is 366 g/mol. The van der Waals surface area contributed by atoms with Crippen molar-refractivity contribution in [3.63, 3.8) is 0 Å². The van der Waals surface area contributed by atoms with E-state index in [1.54, 1.807) is 29.2 Å².